The summed E-state index contributed by atoms with van der Waals surface area (Å²) in [7, 11) is 1.84. The highest BCUT2D eigenvalue weighted by Crippen LogP contribution is 2.22. The van der Waals surface area contributed by atoms with E-state index >= 15 is 0 Å². The maximum Gasteiger partial charge on any atom is 0.200 e. The molecule has 0 bridgehead atoms. The number of benzene rings is 1. The fourth-order valence-corrected chi connectivity index (χ4v) is 1.40. The van der Waals surface area contributed by atoms with Crippen molar-refractivity contribution in [2.45, 2.75) is 13.8 Å². The van der Waals surface area contributed by atoms with Crippen LogP contribution in [0.4, 0.5) is 8.78 Å². The lowest BCUT2D eigenvalue weighted by Crippen LogP contribution is -2.32. The largest absolute Gasteiger partial charge is 0.490 e. The molecular weight excluding hydrogens is 212 g/mol. The molecule has 0 amide bonds. The van der Waals surface area contributed by atoms with Gasteiger partial charge in [-0.3, -0.25) is 0 Å². The van der Waals surface area contributed by atoms with E-state index < -0.39 is 11.6 Å². The number of hydrogen-bond donors (Lipinski definition) is 1. The van der Waals surface area contributed by atoms with Crippen LogP contribution in [0.25, 0.3) is 0 Å². The lowest BCUT2D eigenvalue weighted by Gasteiger charge is -2.24. The van der Waals surface area contributed by atoms with Crippen LogP contribution in [0.3, 0.4) is 0 Å². The third-order valence-electron chi connectivity index (χ3n) is 2.19. The second kappa shape index (κ2) is 5.25. The van der Waals surface area contributed by atoms with Crippen molar-refractivity contribution in [3.63, 3.8) is 0 Å². The molecule has 4 heteroatoms. The Morgan fingerprint density at radius 2 is 2.00 bits per heavy atom. The van der Waals surface area contributed by atoms with Crippen molar-refractivity contribution in [3.05, 3.63) is 29.8 Å². The van der Waals surface area contributed by atoms with Gasteiger partial charge >= 0.3 is 0 Å². The minimum atomic E-state index is -0.928. The Hall–Kier alpha value is -1.16. The third kappa shape index (κ3) is 3.45. The second-order valence-corrected chi connectivity index (χ2v) is 4.54. The Morgan fingerprint density at radius 3 is 2.62 bits per heavy atom. The lowest BCUT2D eigenvalue weighted by molar-refractivity contribution is 0.172. The van der Waals surface area contributed by atoms with Gasteiger partial charge in [-0.2, -0.15) is 4.39 Å². The van der Waals surface area contributed by atoms with E-state index in [9.17, 15) is 8.78 Å². The highest BCUT2D eigenvalue weighted by atomic mass is 19.2. The Balaban J connectivity index is 2.64. The minimum Gasteiger partial charge on any atom is -0.490 e. The van der Waals surface area contributed by atoms with Crippen LogP contribution in [0.15, 0.2) is 18.2 Å². The van der Waals surface area contributed by atoms with E-state index in [0.29, 0.717) is 6.61 Å². The Morgan fingerprint density at radius 1 is 1.31 bits per heavy atom. The van der Waals surface area contributed by atoms with Gasteiger partial charge in [0.15, 0.2) is 11.6 Å². The predicted molar refractivity (Wildman–Crippen MR) is 59.6 cm³/mol. The van der Waals surface area contributed by atoms with Gasteiger partial charge in [0.2, 0.25) is 5.82 Å². The highest BCUT2D eigenvalue weighted by Gasteiger charge is 2.19. The van der Waals surface area contributed by atoms with Gasteiger partial charge in [0.05, 0.1) is 6.61 Å². The van der Waals surface area contributed by atoms with Crippen molar-refractivity contribution >= 4 is 0 Å². The Labute approximate surface area is 94.6 Å². The van der Waals surface area contributed by atoms with Crippen molar-refractivity contribution in [2.24, 2.45) is 5.41 Å². The number of nitrogens with one attached hydrogen (secondary N) is 1. The lowest BCUT2D eigenvalue weighted by atomic mass is 9.95. The predicted octanol–water partition coefficient (Wildman–Crippen LogP) is 2.59. The van der Waals surface area contributed by atoms with Crippen molar-refractivity contribution in [2.75, 3.05) is 20.2 Å². The van der Waals surface area contributed by atoms with Crippen LogP contribution in [0.5, 0.6) is 5.75 Å². The molecule has 0 saturated heterocycles. The van der Waals surface area contributed by atoms with E-state index in [1.54, 1.807) is 0 Å². The zero-order chi connectivity index (χ0) is 12.2. The van der Waals surface area contributed by atoms with E-state index in [-0.39, 0.29) is 11.2 Å². The van der Waals surface area contributed by atoms with Crippen LogP contribution in [0.2, 0.25) is 0 Å². The van der Waals surface area contributed by atoms with Gasteiger partial charge in [-0.1, -0.05) is 19.9 Å². The summed E-state index contributed by atoms with van der Waals surface area (Å²) in [6, 6.07) is 3.92. The molecule has 90 valence electrons. The molecular formula is C12H17F2NO. The van der Waals surface area contributed by atoms with Crippen molar-refractivity contribution in [3.8, 4) is 5.75 Å². The average molecular weight is 229 g/mol. The molecule has 1 aromatic rings. The van der Waals surface area contributed by atoms with Crippen LogP contribution in [0.1, 0.15) is 13.8 Å². The maximum atomic E-state index is 13.2. The molecule has 0 spiro atoms. The summed E-state index contributed by atoms with van der Waals surface area (Å²) in [5.41, 5.74) is -0.131. The molecule has 0 saturated carbocycles. The van der Waals surface area contributed by atoms with Gasteiger partial charge in [-0.05, 0) is 19.2 Å². The molecule has 0 aliphatic rings. The van der Waals surface area contributed by atoms with Crippen LogP contribution in [0, 0.1) is 17.0 Å². The molecule has 0 unspecified atom stereocenters. The van der Waals surface area contributed by atoms with Crippen LogP contribution in [-0.2, 0) is 0 Å². The van der Waals surface area contributed by atoms with E-state index in [1.807, 2.05) is 20.9 Å². The molecule has 1 rings (SSSR count). The second-order valence-electron chi connectivity index (χ2n) is 4.54. The Bertz CT molecular complexity index is 353. The fraction of sp³-hybridized carbons (Fsp3) is 0.500. The molecule has 0 aliphatic carbocycles. The number of ether oxygens (including phenoxy) is 1. The number of rotatable bonds is 5. The normalized spacial score (nSPS) is 11.6. The van der Waals surface area contributed by atoms with Crippen molar-refractivity contribution < 1.29 is 13.5 Å². The topological polar surface area (TPSA) is 21.3 Å². The first-order valence-corrected chi connectivity index (χ1v) is 5.18. The van der Waals surface area contributed by atoms with Gasteiger partial charge in [0.1, 0.15) is 0 Å². The molecule has 0 atom stereocenters. The summed E-state index contributed by atoms with van der Waals surface area (Å²) in [6.45, 7) is 5.04. The van der Waals surface area contributed by atoms with Crippen molar-refractivity contribution in [1.29, 1.82) is 0 Å². The van der Waals surface area contributed by atoms with E-state index in [4.69, 9.17) is 4.74 Å². The summed E-state index contributed by atoms with van der Waals surface area (Å²) < 4.78 is 31.4. The van der Waals surface area contributed by atoms with Crippen LogP contribution in [-0.4, -0.2) is 20.2 Å². The van der Waals surface area contributed by atoms with Crippen LogP contribution < -0.4 is 10.1 Å². The van der Waals surface area contributed by atoms with Crippen LogP contribution >= 0.6 is 0 Å². The molecule has 0 radical (unpaired) electrons. The SMILES string of the molecule is CNCC(C)(C)COc1cccc(F)c1F. The summed E-state index contributed by atoms with van der Waals surface area (Å²) in [5, 5.41) is 3.02. The molecule has 0 aromatic heterocycles. The maximum absolute atomic E-state index is 13.2. The number of halogens is 2. The first-order valence-electron chi connectivity index (χ1n) is 5.18. The first kappa shape index (κ1) is 12.9. The molecule has 0 aliphatic heterocycles. The monoisotopic (exact) mass is 229 g/mol. The number of hydrogen-bond acceptors (Lipinski definition) is 2. The third-order valence-corrected chi connectivity index (χ3v) is 2.19. The van der Waals surface area contributed by atoms with Crippen molar-refractivity contribution in [1.82, 2.24) is 5.32 Å². The van der Waals surface area contributed by atoms with Gasteiger partial charge in [0, 0.05) is 12.0 Å². The summed E-state index contributed by atoms with van der Waals surface area (Å²) in [5.74, 6) is -1.85. The summed E-state index contributed by atoms with van der Waals surface area (Å²) in [4.78, 5) is 0. The van der Waals surface area contributed by atoms with E-state index in [1.165, 1.54) is 12.1 Å². The van der Waals surface area contributed by atoms with Gasteiger partial charge in [-0.15, -0.1) is 0 Å². The minimum absolute atomic E-state index is 0.0378. The molecule has 0 heterocycles. The molecule has 1 aromatic carbocycles. The van der Waals surface area contributed by atoms with E-state index in [2.05, 4.69) is 5.32 Å². The molecule has 16 heavy (non-hydrogen) atoms. The fourth-order valence-electron chi connectivity index (χ4n) is 1.40. The van der Waals surface area contributed by atoms with Gasteiger partial charge in [0.25, 0.3) is 0 Å². The zero-order valence-corrected chi connectivity index (χ0v) is 9.81. The quantitative estimate of drug-likeness (QED) is 0.838. The Kier molecular flexibility index (Phi) is 4.24. The smallest absolute Gasteiger partial charge is 0.200 e. The summed E-state index contributed by atoms with van der Waals surface area (Å²) >= 11 is 0. The summed E-state index contributed by atoms with van der Waals surface area (Å²) in [6.07, 6.45) is 0. The average Bonchev–Trinajstić information content (AvgIpc) is 2.20. The standard InChI is InChI=1S/C12H17F2NO/c1-12(2,7-15-3)8-16-10-6-4-5-9(13)11(10)14/h4-6,15H,7-8H2,1-3H3. The zero-order valence-electron chi connectivity index (χ0n) is 9.81. The molecule has 1 N–H and O–H groups in total. The van der Waals surface area contributed by atoms with E-state index in [0.717, 1.165) is 12.6 Å². The van der Waals surface area contributed by atoms with Gasteiger partial charge in [-0.25, -0.2) is 4.39 Å². The molecule has 0 fully saturated rings. The first-order chi connectivity index (χ1) is 7.46. The highest BCUT2D eigenvalue weighted by molar-refractivity contribution is 5.25. The van der Waals surface area contributed by atoms with Gasteiger partial charge < -0.3 is 10.1 Å². The molecule has 2 nitrogen and oxygen atoms in total.